The van der Waals surface area contributed by atoms with Crippen molar-refractivity contribution in [3.63, 3.8) is 0 Å². The fraction of sp³-hybridized carbons (Fsp3) is 0.370. The van der Waals surface area contributed by atoms with Crippen LogP contribution in [0.2, 0.25) is 0 Å². The zero-order valence-electron chi connectivity index (χ0n) is 21.8. The third-order valence-corrected chi connectivity index (χ3v) is 7.42. The number of benzene rings is 2. The molecule has 2 aromatic carbocycles. The quantitative estimate of drug-likeness (QED) is 0.329. The summed E-state index contributed by atoms with van der Waals surface area (Å²) in [5.74, 6) is 0.265. The molecule has 0 aliphatic carbocycles. The maximum Gasteiger partial charge on any atom is 0.411 e. The van der Waals surface area contributed by atoms with Crippen LogP contribution in [0.25, 0.3) is 0 Å². The number of thiazole rings is 1. The zero-order valence-corrected chi connectivity index (χ0v) is 24.2. The van der Waals surface area contributed by atoms with Crippen LogP contribution in [0.3, 0.4) is 0 Å². The van der Waals surface area contributed by atoms with Gasteiger partial charge in [-0.1, -0.05) is 0 Å². The van der Waals surface area contributed by atoms with E-state index in [9.17, 15) is 14.0 Å². The van der Waals surface area contributed by atoms with Crippen molar-refractivity contribution in [1.29, 1.82) is 0 Å². The molecular formula is C27H29BrFN3O5S. The molecule has 0 radical (unpaired) electrons. The van der Waals surface area contributed by atoms with Crippen molar-refractivity contribution >= 4 is 44.4 Å². The Hall–Kier alpha value is -3.18. The molecule has 0 unspecified atom stereocenters. The molecule has 0 saturated heterocycles. The van der Waals surface area contributed by atoms with Gasteiger partial charge in [0.1, 0.15) is 17.2 Å². The minimum atomic E-state index is -1.09. The molecule has 2 heterocycles. The maximum atomic E-state index is 14.2. The molecule has 202 valence electrons. The highest BCUT2D eigenvalue weighted by molar-refractivity contribution is 9.10. The monoisotopic (exact) mass is 605 g/mol. The van der Waals surface area contributed by atoms with Crippen LogP contribution >= 0.6 is 27.3 Å². The first-order chi connectivity index (χ1) is 17.9. The van der Waals surface area contributed by atoms with Crippen LogP contribution in [-0.4, -0.2) is 41.1 Å². The Bertz CT molecular complexity index is 1350. The van der Waals surface area contributed by atoms with Crippen LogP contribution in [0, 0.1) is 5.82 Å². The van der Waals surface area contributed by atoms with Crippen molar-refractivity contribution in [2.75, 3.05) is 19.0 Å². The number of carbonyl (C=O) groups is 2. The highest BCUT2D eigenvalue weighted by Crippen LogP contribution is 2.45. The maximum absolute atomic E-state index is 14.2. The molecule has 1 aliphatic heterocycles. The lowest BCUT2D eigenvalue weighted by Gasteiger charge is -2.46. The molecule has 0 saturated carbocycles. The van der Waals surface area contributed by atoms with Crippen molar-refractivity contribution in [2.24, 2.45) is 0 Å². The summed E-state index contributed by atoms with van der Waals surface area (Å²) in [5.41, 5.74) is -0.203. The average Bonchev–Trinajstić information content (AvgIpc) is 3.33. The smallest absolute Gasteiger partial charge is 0.411 e. The van der Waals surface area contributed by atoms with Gasteiger partial charge in [-0.05, 0) is 85.4 Å². The number of nitrogens with one attached hydrogen (secondary N) is 1. The second-order valence-corrected chi connectivity index (χ2v) is 11.8. The van der Waals surface area contributed by atoms with Crippen molar-refractivity contribution in [1.82, 2.24) is 9.88 Å². The zero-order chi connectivity index (χ0) is 27.7. The van der Waals surface area contributed by atoms with E-state index in [0.29, 0.717) is 39.6 Å². The molecule has 1 N–H and O–H groups in total. The van der Waals surface area contributed by atoms with Gasteiger partial charge in [0, 0.05) is 24.2 Å². The van der Waals surface area contributed by atoms with Gasteiger partial charge in [-0.25, -0.2) is 14.2 Å². The topological polar surface area (TPSA) is 90.0 Å². The number of hydrogen-bond donors (Lipinski definition) is 1. The first-order valence-electron chi connectivity index (χ1n) is 11.9. The van der Waals surface area contributed by atoms with E-state index in [4.69, 9.17) is 14.2 Å². The number of ether oxygens (including phenoxy) is 3. The van der Waals surface area contributed by atoms with E-state index in [-0.39, 0.29) is 18.1 Å². The summed E-state index contributed by atoms with van der Waals surface area (Å²) in [6, 6.07) is 8.02. The number of nitrogens with zero attached hydrogens (tertiary/aromatic N) is 2. The van der Waals surface area contributed by atoms with Gasteiger partial charge >= 0.3 is 6.09 Å². The summed E-state index contributed by atoms with van der Waals surface area (Å²) < 4.78 is 31.8. The number of aromatic nitrogens is 1. The SMILES string of the molecule is COc1cc2c(cc1Oc1ccc(Br)c(F)c1)[C@@](C)(CC(=O)Nc1nccs1)N(C(=O)OC(C)(C)C)CC2. The highest BCUT2D eigenvalue weighted by Gasteiger charge is 2.45. The lowest BCUT2D eigenvalue weighted by Crippen LogP contribution is -2.54. The van der Waals surface area contributed by atoms with Crippen molar-refractivity contribution in [3.05, 3.63) is 63.3 Å². The number of hydrogen-bond acceptors (Lipinski definition) is 7. The first kappa shape index (κ1) is 27.8. The lowest BCUT2D eigenvalue weighted by atomic mass is 9.79. The third-order valence-electron chi connectivity index (χ3n) is 6.09. The third kappa shape index (κ3) is 6.10. The van der Waals surface area contributed by atoms with Gasteiger partial charge in [0.2, 0.25) is 5.91 Å². The Kier molecular flexibility index (Phi) is 7.98. The van der Waals surface area contributed by atoms with E-state index in [1.807, 2.05) is 13.0 Å². The summed E-state index contributed by atoms with van der Waals surface area (Å²) >= 11 is 4.45. The Morgan fingerprint density at radius 2 is 2.00 bits per heavy atom. The number of methoxy groups -OCH3 is 1. The van der Waals surface area contributed by atoms with Crippen LogP contribution in [0.1, 0.15) is 45.2 Å². The summed E-state index contributed by atoms with van der Waals surface area (Å²) in [7, 11) is 1.52. The van der Waals surface area contributed by atoms with Gasteiger partial charge in [-0.2, -0.15) is 0 Å². The summed E-state index contributed by atoms with van der Waals surface area (Å²) in [6.07, 6.45) is 1.53. The molecule has 1 aromatic heterocycles. The second-order valence-electron chi connectivity index (χ2n) is 10.1. The number of fused-ring (bicyclic) bond motifs is 1. The van der Waals surface area contributed by atoms with Gasteiger partial charge in [0.05, 0.1) is 23.5 Å². The van der Waals surface area contributed by atoms with E-state index >= 15 is 0 Å². The molecule has 38 heavy (non-hydrogen) atoms. The largest absolute Gasteiger partial charge is 0.493 e. The second kappa shape index (κ2) is 10.9. The van der Waals surface area contributed by atoms with Crippen molar-refractivity contribution in [3.8, 4) is 17.2 Å². The first-order valence-corrected chi connectivity index (χ1v) is 13.6. The summed E-state index contributed by atoms with van der Waals surface area (Å²) in [6.45, 7) is 7.55. The minimum Gasteiger partial charge on any atom is -0.493 e. The lowest BCUT2D eigenvalue weighted by molar-refractivity contribution is -0.119. The normalized spacial score (nSPS) is 17.0. The molecule has 2 amide bonds. The number of amides is 2. The van der Waals surface area contributed by atoms with Crippen molar-refractivity contribution in [2.45, 2.75) is 51.7 Å². The number of halogens is 2. The fourth-order valence-electron chi connectivity index (χ4n) is 4.40. The van der Waals surface area contributed by atoms with Crippen LogP contribution in [0.4, 0.5) is 14.3 Å². The Labute approximate surface area is 233 Å². The van der Waals surface area contributed by atoms with Crippen LogP contribution < -0.4 is 14.8 Å². The Morgan fingerprint density at radius 3 is 2.63 bits per heavy atom. The molecule has 3 aromatic rings. The molecule has 0 bridgehead atoms. The number of anilines is 1. The van der Waals surface area contributed by atoms with E-state index < -0.39 is 23.1 Å². The molecule has 8 nitrogen and oxygen atoms in total. The molecular weight excluding hydrogens is 577 g/mol. The fourth-order valence-corrected chi connectivity index (χ4v) is 5.19. The molecule has 1 atom stereocenters. The molecule has 4 rings (SSSR count). The van der Waals surface area contributed by atoms with E-state index in [1.165, 1.54) is 24.5 Å². The van der Waals surface area contributed by atoms with Crippen LogP contribution in [0.5, 0.6) is 17.2 Å². The van der Waals surface area contributed by atoms with Gasteiger partial charge in [0.15, 0.2) is 16.6 Å². The summed E-state index contributed by atoms with van der Waals surface area (Å²) in [4.78, 5) is 32.3. The van der Waals surface area contributed by atoms with E-state index in [0.717, 1.165) is 5.56 Å². The Morgan fingerprint density at radius 1 is 1.24 bits per heavy atom. The average molecular weight is 607 g/mol. The predicted molar refractivity (Wildman–Crippen MR) is 147 cm³/mol. The standard InChI is InChI=1S/C27H29BrFN3O5S/c1-26(2,3)37-25(34)32-10-8-16-12-21(35-5)22(36-17-6-7-19(28)20(29)13-17)14-18(16)27(32,4)15-23(33)31-24-30-9-11-38-24/h6-7,9,11-14H,8,10,15H2,1-5H3,(H,30,31,33)/t27-/m1/s1. The summed E-state index contributed by atoms with van der Waals surface area (Å²) in [5, 5.41) is 5.04. The van der Waals surface area contributed by atoms with Gasteiger partial charge in [0.25, 0.3) is 0 Å². The molecule has 0 spiro atoms. The molecule has 11 heteroatoms. The van der Waals surface area contributed by atoms with E-state index in [2.05, 4.69) is 26.2 Å². The number of rotatable bonds is 6. The molecule has 1 aliphatic rings. The molecule has 0 fully saturated rings. The van der Waals surface area contributed by atoms with Crippen molar-refractivity contribution < 1.29 is 28.2 Å². The minimum absolute atomic E-state index is 0.0580. The van der Waals surface area contributed by atoms with Crippen LogP contribution in [-0.2, 0) is 21.5 Å². The predicted octanol–water partition coefficient (Wildman–Crippen LogP) is 6.88. The highest BCUT2D eigenvalue weighted by atomic mass is 79.9. The van der Waals surface area contributed by atoms with Gasteiger partial charge in [-0.3, -0.25) is 9.69 Å². The Balaban J connectivity index is 1.77. The van der Waals surface area contributed by atoms with E-state index in [1.54, 1.807) is 55.4 Å². The van der Waals surface area contributed by atoms with Gasteiger partial charge in [-0.15, -0.1) is 11.3 Å². The van der Waals surface area contributed by atoms with Crippen LogP contribution in [0.15, 0.2) is 46.4 Å². The van der Waals surface area contributed by atoms with Gasteiger partial charge < -0.3 is 19.5 Å². The number of carbonyl (C=O) groups excluding carboxylic acids is 2.